The number of aromatic nitrogens is 1. The third-order valence-electron chi connectivity index (χ3n) is 2.74. The Labute approximate surface area is 127 Å². The smallest absolute Gasteiger partial charge is 0.366 e. The first-order valence-corrected chi connectivity index (χ1v) is 7.78. The van der Waals surface area contributed by atoms with Gasteiger partial charge in [0.25, 0.3) is 0 Å². The van der Waals surface area contributed by atoms with Crippen molar-refractivity contribution in [1.82, 2.24) is 4.98 Å². The number of nitrogens with zero attached hydrogens (tertiary/aromatic N) is 2. The summed E-state index contributed by atoms with van der Waals surface area (Å²) >= 11 is 2.80. The molecule has 3 rings (SSSR count). The maximum absolute atomic E-state index is 11.9. The van der Waals surface area contributed by atoms with Crippen LogP contribution in [0.1, 0.15) is 10.5 Å². The van der Waals surface area contributed by atoms with Crippen molar-refractivity contribution in [1.29, 1.82) is 0 Å². The molecule has 0 amide bonds. The molecule has 1 aliphatic heterocycles. The van der Waals surface area contributed by atoms with E-state index in [1.165, 1.54) is 47.4 Å². The second-order valence-corrected chi connectivity index (χ2v) is 6.06. The molecule has 1 aromatic heterocycles. The van der Waals surface area contributed by atoms with E-state index in [4.69, 9.17) is 4.74 Å². The van der Waals surface area contributed by atoms with Crippen LogP contribution in [0.25, 0.3) is 0 Å². The number of thioether (sulfide) groups is 1. The number of hydrogen-bond acceptors (Lipinski definition) is 8. The van der Waals surface area contributed by atoms with Crippen molar-refractivity contribution in [2.24, 2.45) is 0 Å². The van der Waals surface area contributed by atoms with Gasteiger partial charge in [0.05, 0.1) is 0 Å². The van der Waals surface area contributed by atoms with Crippen molar-refractivity contribution in [3.05, 3.63) is 51.9 Å². The van der Waals surface area contributed by atoms with Crippen molar-refractivity contribution in [3.8, 4) is 0 Å². The van der Waals surface area contributed by atoms with E-state index in [1.807, 2.05) is 6.26 Å². The largest absolute Gasteiger partial charge is 0.612 e. The van der Waals surface area contributed by atoms with Crippen LogP contribution in [0.2, 0.25) is 0 Å². The van der Waals surface area contributed by atoms with Gasteiger partial charge in [0.2, 0.25) is 11.6 Å². The molecular weight excluding hydrogens is 314 g/mol. The zero-order valence-electron chi connectivity index (χ0n) is 10.7. The fourth-order valence-corrected chi connectivity index (χ4v) is 3.19. The van der Waals surface area contributed by atoms with Crippen molar-refractivity contribution in [3.63, 3.8) is 0 Å². The van der Waals surface area contributed by atoms with Crippen LogP contribution in [0.5, 0.6) is 0 Å². The van der Waals surface area contributed by atoms with E-state index < -0.39 is 10.9 Å². The summed E-state index contributed by atoms with van der Waals surface area (Å²) in [5.74, 6) is -0.285. The standard InChI is InChI=1S/C12H8N3O4S2/c1-20-12-13-8-10(21-12)14-9(19-11(8)16)6-2-4-7(5-3-6)15(17)18/h2-5H,1H3,(H-,14,16,17,18)/q-1. The van der Waals surface area contributed by atoms with E-state index in [0.717, 1.165) is 4.34 Å². The molecule has 0 bridgehead atoms. The Morgan fingerprint density at radius 2 is 2.05 bits per heavy atom. The minimum absolute atomic E-state index is 0.0235. The Morgan fingerprint density at radius 3 is 2.67 bits per heavy atom. The Bertz CT molecular complexity index is 724. The highest BCUT2D eigenvalue weighted by Gasteiger charge is 2.28. The van der Waals surface area contributed by atoms with Gasteiger partial charge in [-0.2, -0.15) is 4.90 Å². The molecule has 2 aliphatic rings. The number of carbonyl (C=O) groups is 1. The lowest BCUT2D eigenvalue weighted by molar-refractivity contribution is -0.377. The number of cyclic esters (lactones) is 1. The Balaban J connectivity index is 1.95. The zero-order chi connectivity index (χ0) is 15.0. The molecule has 0 unspecified atom stereocenters. The van der Waals surface area contributed by atoms with Crippen LogP contribution in [-0.2, 0) is 4.74 Å². The highest BCUT2D eigenvalue weighted by molar-refractivity contribution is 8.00. The summed E-state index contributed by atoms with van der Waals surface area (Å²) in [6.07, 6.45) is 7.63. The second kappa shape index (κ2) is 5.26. The number of nitrogens with one attached hydrogen (secondary N) is 1. The van der Waals surface area contributed by atoms with Crippen LogP contribution in [0.4, 0.5) is 5.00 Å². The molecule has 2 heterocycles. The molecule has 0 saturated heterocycles. The summed E-state index contributed by atoms with van der Waals surface area (Å²) in [5.41, 5.74) is 0.790. The average molecular weight is 322 g/mol. The fraction of sp³-hybridized carbons (Fsp3) is 0.0833. The van der Waals surface area contributed by atoms with E-state index in [-0.39, 0.29) is 17.3 Å². The van der Waals surface area contributed by atoms with E-state index in [1.54, 1.807) is 0 Å². The molecule has 0 atom stereocenters. The zero-order valence-corrected chi connectivity index (χ0v) is 12.3. The number of allylic oxidation sites excluding steroid dienone is 5. The molecule has 21 heavy (non-hydrogen) atoms. The van der Waals surface area contributed by atoms with E-state index in [9.17, 15) is 15.2 Å². The highest BCUT2D eigenvalue weighted by atomic mass is 32.2. The van der Waals surface area contributed by atoms with Crippen LogP contribution < -0.4 is 5.32 Å². The fourth-order valence-electron chi connectivity index (χ4n) is 1.75. The summed E-state index contributed by atoms with van der Waals surface area (Å²) < 4.78 is 5.95. The Morgan fingerprint density at radius 1 is 1.33 bits per heavy atom. The summed E-state index contributed by atoms with van der Waals surface area (Å²) in [4.78, 5) is 15.6. The Hall–Kier alpha value is -2.26. The predicted molar refractivity (Wildman–Crippen MR) is 80.2 cm³/mol. The molecule has 0 fully saturated rings. The number of carbonyl (C=O) groups excluding carboxylic acids is 1. The number of fused-ring (bicyclic) bond motifs is 1. The lowest BCUT2D eigenvalue weighted by atomic mass is 10.1. The second-order valence-electron chi connectivity index (χ2n) is 4.01. The van der Waals surface area contributed by atoms with Crippen LogP contribution in [0, 0.1) is 10.4 Å². The molecule has 7 nitrogen and oxygen atoms in total. The minimum atomic E-state index is -0.534. The van der Waals surface area contributed by atoms with Crippen LogP contribution in [0.3, 0.4) is 0 Å². The molecule has 1 aromatic rings. The number of anilines is 1. The van der Waals surface area contributed by atoms with E-state index >= 15 is 0 Å². The monoisotopic (exact) mass is 322 g/mol. The summed E-state index contributed by atoms with van der Waals surface area (Å²) in [6, 6.07) is 0. The molecule has 1 N–H and O–H groups in total. The minimum Gasteiger partial charge on any atom is -0.612 e. The van der Waals surface area contributed by atoms with Crippen molar-refractivity contribution < 1.29 is 14.4 Å². The van der Waals surface area contributed by atoms with Gasteiger partial charge in [0.1, 0.15) is 5.00 Å². The molecule has 0 saturated carbocycles. The number of esters is 1. The van der Waals surface area contributed by atoms with Gasteiger partial charge in [0, 0.05) is 17.7 Å². The van der Waals surface area contributed by atoms with Gasteiger partial charge in [-0.15, -0.1) is 0 Å². The predicted octanol–water partition coefficient (Wildman–Crippen LogP) is 2.23. The van der Waals surface area contributed by atoms with Crippen molar-refractivity contribution in [2.75, 3.05) is 11.6 Å². The highest BCUT2D eigenvalue weighted by Crippen LogP contribution is 2.35. The maximum Gasteiger partial charge on any atom is 0.366 e. The summed E-state index contributed by atoms with van der Waals surface area (Å²) in [5, 5.41) is 24.9. The van der Waals surface area contributed by atoms with E-state index in [2.05, 4.69) is 10.3 Å². The van der Waals surface area contributed by atoms with E-state index in [0.29, 0.717) is 10.6 Å². The lowest BCUT2D eigenvalue weighted by Gasteiger charge is -2.18. The molecule has 0 spiro atoms. The summed E-state index contributed by atoms with van der Waals surface area (Å²) in [7, 11) is 0. The third kappa shape index (κ3) is 2.52. The van der Waals surface area contributed by atoms with Crippen LogP contribution in [-0.4, -0.2) is 27.8 Å². The molecule has 9 heteroatoms. The first kappa shape index (κ1) is 13.7. The van der Waals surface area contributed by atoms with Gasteiger partial charge >= 0.3 is 5.97 Å². The molecule has 0 aromatic carbocycles. The number of ether oxygens (including phenoxy) is 1. The number of thiazole rings is 1. The first-order chi connectivity index (χ1) is 10.1. The van der Waals surface area contributed by atoms with Crippen molar-refractivity contribution in [2.45, 2.75) is 4.34 Å². The molecule has 108 valence electrons. The van der Waals surface area contributed by atoms with Gasteiger partial charge in [-0.3, -0.25) is 0 Å². The quantitative estimate of drug-likeness (QED) is 0.366. The van der Waals surface area contributed by atoms with Gasteiger partial charge in [-0.25, -0.2) is 9.78 Å². The number of hydrogen-bond donors (Lipinski definition) is 1. The maximum atomic E-state index is 11.9. The number of rotatable bonds is 1. The first-order valence-electron chi connectivity index (χ1n) is 5.74. The Kier molecular flexibility index (Phi) is 3.43. The van der Waals surface area contributed by atoms with Gasteiger partial charge in [-0.05, 0) is 18.4 Å². The van der Waals surface area contributed by atoms with Gasteiger partial charge < -0.3 is 20.5 Å². The lowest BCUT2D eigenvalue weighted by Crippen LogP contribution is -2.20. The molecular formula is C12H8N3O4S2-. The molecule has 0 radical (unpaired) electrons. The van der Waals surface area contributed by atoms with Gasteiger partial charge in [0.15, 0.2) is 10.0 Å². The SMILES string of the molecule is CSc1nc2c(s1)NC(=C1C=CC(=[N+]([O-])[O-])C=C1)OC2=O. The molecule has 1 aliphatic carbocycles. The van der Waals surface area contributed by atoms with Crippen molar-refractivity contribution >= 4 is 39.8 Å². The average Bonchev–Trinajstić information content (AvgIpc) is 2.91. The van der Waals surface area contributed by atoms with Crippen LogP contribution in [0.15, 0.2) is 40.1 Å². The normalized spacial score (nSPS) is 16.6. The van der Waals surface area contributed by atoms with Gasteiger partial charge in [-0.1, -0.05) is 23.1 Å². The third-order valence-corrected chi connectivity index (χ3v) is 4.69. The van der Waals surface area contributed by atoms with Crippen LogP contribution >= 0.6 is 23.1 Å². The topological polar surface area (TPSA) is 100 Å². The summed E-state index contributed by atoms with van der Waals surface area (Å²) in [6.45, 7) is 0.